The van der Waals surface area contributed by atoms with Crippen molar-refractivity contribution in [2.24, 2.45) is 5.73 Å². The molecular formula is C11H17N5S. The van der Waals surface area contributed by atoms with E-state index in [2.05, 4.69) is 27.5 Å². The topological polar surface area (TPSA) is 67.1 Å². The number of anilines is 1. The van der Waals surface area contributed by atoms with Gasteiger partial charge in [-0.2, -0.15) is 5.10 Å². The molecule has 0 amide bonds. The average molecular weight is 251 g/mol. The van der Waals surface area contributed by atoms with Crippen LogP contribution in [0.4, 0.5) is 5.82 Å². The molecule has 0 aromatic carbocycles. The van der Waals surface area contributed by atoms with Crippen LogP contribution in [0.5, 0.6) is 0 Å². The average Bonchev–Trinajstić information content (AvgIpc) is 2.32. The number of nitrogens with two attached hydrogens (primary N) is 1. The molecule has 1 saturated heterocycles. The van der Waals surface area contributed by atoms with Crippen LogP contribution in [-0.4, -0.2) is 46.3 Å². The van der Waals surface area contributed by atoms with Gasteiger partial charge in [0.1, 0.15) is 4.99 Å². The Kier molecular flexibility index (Phi) is 3.86. The van der Waals surface area contributed by atoms with E-state index in [0.29, 0.717) is 16.8 Å². The third-order valence-electron chi connectivity index (χ3n) is 3.05. The lowest BCUT2D eigenvalue weighted by Gasteiger charge is -2.30. The number of rotatable bonds is 3. The number of hydrogen-bond acceptors (Lipinski definition) is 5. The highest BCUT2D eigenvalue weighted by atomic mass is 32.1. The first kappa shape index (κ1) is 12.2. The van der Waals surface area contributed by atoms with Crippen LogP contribution in [-0.2, 0) is 0 Å². The molecule has 0 bridgehead atoms. The van der Waals surface area contributed by atoms with Gasteiger partial charge in [0, 0.05) is 6.04 Å². The van der Waals surface area contributed by atoms with Crippen molar-refractivity contribution in [2.75, 3.05) is 25.5 Å². The number of piperidine rings is 1. The molecule has 2 rings (SSSR count). The molecule has 0 unspecified atom stereocenters. The van der Waals surface area contributed by atoms with Gasteiger partial charge in [-0.1, -0.05) is 12.2 Å². The molecule has 0 radical (unpaired) electrons. The second-order valence-electron chi connectivity index (χ2n) is 4.38. The van der Waals surface area contributed by atoms with Crippen LogP contribution in [0.3, 0.4) is 0 Å². The Morgan fingerprint density at radius 3 is 2.88 bits per heavy atom. The summed E-state index contributed by atoms with van der Waals surface area (Å²) in [4.78, 5) is 2.68. The standard InChI is InChI=1S/C11H17N5S/c1-16-6-3-8(4-7-16)14-11-9(10(12)17)2-5-13-15-11/h2,5,8H,3-4,6-7H2,1H3,(H2,12,17)(H,14,15). The summed E-state index contributed by atoms with van der Waals surface area (Å²) in [6, 6.07) is 2.23. The molecule has 5 nitrogen and oxygen atoms in total. The zero-order valence-electron chi connectivity index (χ0n) is 9.89. The Bertz CT molecular complexity index is 401. The second kappa shape index (κ2) is 5.37. The van der Waals surface area contributed by atoms with Crippen LogP contribution in [0, 0.1) is 0 Å². The van der Waals surface area contributed by atoms with Crippen molar-refractivity contribution < 1.29 is 0 Å². The van der Waals surface area contributed by atoms with E-state index >= 15 is 0 Å². The van der Waals surface area contributed by atoms with Crippen molar-refractivity contribution in [3.05, 3.63) is 17.8 Å². The van der Waals surface area contributed by atoms with Gasteiger partial charge in [0.05, 0.1) is 11.8 Å². The summed E-state index contributed by atoms with van der Waals surface area (Å²) in [5.41, 5.74) is 6.43. The number of aromatic nitrogens is 2. The van der Waals surface area contributed by atoms with Gasteiger partial charge in [-0.15, -0.1) is 5.10 Å². The van der Waals surface area contributed by atoms with E-state index in [4.69, 9.17) is 18.0 Å². The summed E-state index contributed by atoms with van der Waals surface area (Å²) in [5, 5.41) is 11.3. The molecule has 92 valence electrons. The minimum Gasteiger partial charge on any atom is -0.389 e. The van der Waals surface area contributed by atoms with Crippen LogP contribution in [0.1, 0.15) is 18.4 Å². The molecule has 0 aliphatic carbocycles. The summed E-state index contributed by atoms with van der Waals surface area (Å²) >= 11 is 5.00. The summed E-state index contributed by atoms with van der Waals surface area (Å²) in [7, 11) is 2.14. The molecular weight excluding hydrogens is 234 g/mol. The van der Waals surface area contributed by atoms with Gasteiger partial charge in [-0.05, 0) is 39.0 Å². The highest BCUT2D eigenvalue weighted by molar-refractivity contribution is 7.80. The van der Waals surface area contributed by atoms with E-state index < -0.39 is 0 Å². The zero-order chi connectivity index (χ0) is 12.3. The molecule has 6 heteroatoms. The summed E-state index contributed by atoms with van der Waals surface area (Å²) in [6.45, 7) is 2.20. The monoisotopic (exact) mass is 251 g/mol. The van der Waals surface area contributed by atoms with Crippen molar-refractivity contribution in [3.63, 3.8) is 0 Å². The minimum absolute atomic E-state index is 0.357. The van der Waals surface area contributed by atoms with Gasteiger partial charge >= 0.3 is 0 Å². The lowest BCUT2D eigenvalue weighted by Crippen LogP contribution is -2.37. The normalized spacial score (nSPS) is 17.9. The van der Waals surface area contributed by atoms with Crippen molar-refractivity contribution >= 4 is 23.0 Å². The SMILES string of the molecule is CN1CCC(Nc2nnccc2C(N)=S)CC1. The van der Waals surface area contributed by atoms with Gasteiger partial charge < -0.3 is 16.0 Å². The van der Waals surface area contributed by atoms with E-state index in [-0.39, 0.29) is 0 Å². The maximum atomic E-state index is 5.66. The van der Waals surface area contributed by atoms with Gasteiger partial charge in [0.25, 0.3) is 0 Å². The summed E-state index contributed by atoms with van der Waals surface area (Å²) < 4.78 is 0. The first-order chi connectivity index (χ1) is 8.16. The Morgan fingerprint density at radius 1 is 1.53 bits per heavy atom. The Balaban J connectivity index is 2.05. The van der Waals surface area contributed by atoms with E-state index in [0.717, 1.165) is 31.5 Å². The molecule has 1 aliphatic heterocycles. The number of nitrogens with one attached hydrogen (secondary N) is 1. The highest BCUT2D eigenvalue weighted by Gasteiger charge is 2.18. The van der Waals surface area contributed by atoms with Crippen LogP contribution in [0.15, 0.2) is 12.3 Å². The number of hydrogen-bond donors (Lipinski definition) is 2. The lowest BCUT2D eigenvalue weighted by molar-refractivity contribution is 0.263. The van der Waals surface area contributed by atoms with Crippen molar-refractivity contribution in [1.29, 1.82) is 0 Å². The molecule has 2 heterocycles. The van der Waals surface area contributed by atoms with E-state index in [1.807, 2.05) is 0 Å². The smallest absolute Gasteiger partial charge is 0.159 e. The highest BCUT2D eigenvalue weighted by Crippen LogP contribution is 2.16. The predicted molar refractivity (Wildman–Crippen MR) is 72.1 cm³/mol. The molecule has 17 heavy (non-hydrogen) atoms. The third kappa shape index (κ3) is 3.10. The molecule has 0 spiro atoms. The quantitative estimate of drug-likeness (QED) is 0.768. The molecule has 1 aromatic rings. The number of likely N-dealkylation sites (tertiary alicyclic amines) is 1. The first-order valence-electron chi connectivity index (χ1n) is 5.73. The van der Waals surface area contributed by atoms with E-state index in [1.165, 1.54) is 0 Å². The van der Waals surface area contributed by atoms with Crippen molar-refractivity contribution in [2.45, 2.75) is 18.9 Å². The Hall–Kier alpha value is -1.27. The van der Waals surface area contributed by atoms with Gasteiger partial charge in [-0.25, -0.2) is 0 Å². The third-order valence-corrected chi connectivity index (χ3v) is 3.27. The fraction of sp³-hybridized carbons (Fsp3) is 0.545. The minimum atomic E-state index is 0.357. The number of thiocarbonyl (C=S) groups is 1. The fourth-order valence-corrected chi connectivity index (χ4v) is 2.15. The second-order valence-corrected chi connectivity index (χ2v) is 4.82. The molecule has 0 saturated carbocycles. The molecule has 1 fully saturated rings. The van der Waals surface area contributed by atoms with Gasteiger partial charge in [-0.3, -0.25) is 0 Å². The predicted octanol–water partition coefficient (Wildman–Crippen LogP) is 0.617. The van der Waals surface area contributed by atoms with Crippen LogP contribution in [0.2, 0.25) is 0 Å². The van der Waals surface area contributed by atoms with Crippen molar-refractivity contribution in [3.8, 4) is 0 Å². The largest absolute Gasteiger partial charge is 0.389 e. The Labute approximate surface area is 106 Å². The van der Waals surface area contributed by atoms with Crippen LogP contribution >= 0.6 is 12.2 Å². The zero-order valence-corrected chi connectivity index (χ0v) is 10.7. The lowest BCUT2D eigenvalue weighted by atomic mass is 10.1. The fourth-order valence-electron chi connectivity index (χ4n) is 1.98. The Morgan fingerprint density at radius 2 is 2.24 bits per heavy atom. The van der Waals surface area contributed by atoms with Crippen LogP contribution < -0.4 is 11.1 Å². The summed E-state index contributed by atoms with van der Waals surface area (Å²) in [6.07, 6.45) is 3.81. The maximum absolute atomic E-state index is 5.66. The molecule has 1 aliphatic rings. The number of nitrogens with zero attached hydrogens (tertiary/aromatic N) is 3. The molecule has 1 aromatic heterocycles. The van der Waals surface area contributed by atoms with E-state index in [1.54, 1.807) is 12.3 Å². The molecule has 0 atom stereocenters. The summed E-state index contributed by atoms with van der Waals surface area (Å²) in [5.74, 6) is 0.703. The van der Waals surface area contributed by atoms with Crippen LogP contribution in [0.25, 0.3) is 0 Å². The van der Waals surface area contributed by atoms with Gasteiger partial charge in [0.2, 0.25) is 0 Å². The van der Waals surface area contributed by atoms with E-state index in [9.17, 15) is 0 Å². The molecule has 3 N–H and O–H groups in total. The van der Waals surface area contributed by atoms with Crippen molar-refractivity contribution in [1.82, 2.24) is 15.1 Å². The first-order valence-corrected chi connectivity index (χ1v) is 6.14. The maximum Gasteiger partial charge on any atom is 0.159 e. The van der Waals surface area contributed by atoms with Gasteiger partial charge in [0.15, 0.2) is 5.82 Å².